The minimum Gasteiger partial charge on any atom is -0.494 e. The van der Waals surface area contributed by atoms with E-state index in [-0.39, 0.29) is 11.9 Å². The molecule has 0 aliphatic heterocycles. The number of nitrogens with one attached hydrogen (secondary N) is 1. The first-order valence-corrected chi connectivity index (χ1v) is 7.27. The summed E-state index contributed by atoms with van der Waals surface area (Å²) in [5, 5.41) is 3.31. The fourth-order valence-corrected chi connectivity index (χ4v) is 3.22. The van der Waals surface area contributed by atoms with Gasteiger partial charge >= 0.3 is 0 Å². The van der Waals surface area contributed by atoms with E-state index in [9.17, 15) is 4.39 Å². The maximum atomic E-state index is 14.4. The first-order valence-electron chi connectivity index (χ1n) is 7.27. The van der Waals surface area contributed by atoms with E-state index in [1.165, 1.54) is 45.6 Å². The van der Waals surface area contributed by atoms with E-state index in [0.717, 1.165) is 5.56 Å². The van der Waals surface area contributed by atoms with E-state index in [1.54, 1.807) is 6.07 Å². The zero-order valence-corrected chi connectivity index (χ0v) is 11.9. The molecule has 1 unspecified atom stereocenters. The number of methoxy groups -OCH3 is 1. The van der Waals surface area contributed by atoms with Crippen LogP contribution < -0.4 is 10.1 Å². The summed E-state index contributed by atoms with van der Waals surface area (Å²) in [4.78, 5) is 0. The van der Waals surface area contributed by atoms with Crippen LogP contribution in [0.2, 0.25) is 0 Å². The molecule has 1 aromatic carbocycles. The molecule has 0 heterocycles. The second kappa shape index (κ2) is 6.90. The number of rotatable bonds is 4. The maximum absolute atomic E-state index is 14.4. The Bertz CT molecular complexity index is 400. The Morgan fingerprint density at radius 3 is 2.47 bits per heavy atom. The summed E-state index contributed by atoms with van der Waals surface area (Å²) >= 11 is 0. The Labute approximate surface area is 115 Å². The smallest absolute Gasteiger partial charge is 0.169 e. The van der Waals surface area contributed by atoms with Crippen molar-refractivity contribution < 1.29 is 9.13 Å². The first-order chi connectivity index (χ1) is 9.27. The van der Waals surface area contributed by atoms with Gasteiger partial charge in [-0.1, -0.05) is 37.8 Å². The predicted octanol–water partition coefficient (Wildman–Crippen LogP) is 4.07. The van der Waals surface area contributed by atoms with Crippen LogP contribution in [0.5, 0.6) is 5.75 Å². The molecule has 0 radical (unpaired) electrons. The average Bonchev–Trinajstić information content (AvgIpc) is 2.71. The van der Waals surface area contributed by atoms with Crippen LogP contribution in [-0.2, 0) is 0 Å². The van der Waals surface area contributed by atoms with Gasteiger partial charge < -0.3 is 10.1 Å². The Hall–Kier alpha value is -1.09. The fourth-order valence-electron chi connectivity index (χ4n) is 3.22. The highest BCUT2D eigenvalue weighted by Gasteiger charge is 2.26. The summed E-state index contributed by atoms with van der Waals surface area (Å²) in [7, 11) is 3.44. The third-order valence-electron chi connectivity index (χ3n) is 4.23. The summed E-state index contributed by atoms with van der Waals surface area (Å²) in [6, 6.07) is 5.52. The fraction of sp³-hybridized carbons (Fsp3) is 0.625. The van der Waals surface area contributed by atoms with Crippen molar-refractivity contribution in [1.82, 2.24) is 5.32 Å². The van der Waals surface area contributed by atoms with E-state index in [4.69, 9.17) is 4.74 Å². The van der Waals surface area contributed by atoms with Crippen molar-refractivity contribution in [2.24, 2.45) is 5.92 Å². The second-order valence-corrected chi connectivity index (χ2v) is 5.38. The van der Waals surface area contributed by atoms with Crippen LogP contribution in [0.3, 0.4) is 0 Å². The molecule has 1 aliphatic carbocycles. The van der Waals surface area contributed by atoms with Crippen LogP contribution in [0.15, 0.2) is 18.2 Å². The largest absolute Gasteiger partial charge is 0.494 e. The van der Waals surface area contributed by atoms with E-state index < -0.39 is 0 Å². The van der Waals surface area contributed by atoms with Crippen molar-refractivity contribution in [2.45, 2.75) is 44.6 Å². The molecule has 0 amide bonds. The summed E-state index contributed by atoms with van der Waals surface area (Å²) in [6.07, 6.45) is 7.51. The van der Waals surface area contributed by atoms with Gasteiger partial charge in [0, 0.05) is 11.6 Å². The molecule has 1 saturated carbocycles. The van der Waals surface area contributed by atoms with Crippen LogP contribution in [-0.4, -0.2) is 14.2 Å². The van der Waals surface area contributed by atoms with Crippen LogP contribution in [0.4, 0.5) is 4.39 Å². The molecule has 1 aromatic rings. The predicted molar refractivity (Wildman–Crippen MR) is 75.9 cm³/mol. The summed E-state index contributed by atoms with van der Waals surface area (Å²) < 4.78 is 19.5. The van der Waals surface area contributed by atoms with Crippen molar-refractivity contribution in [3.05, 3.63) is 29.6 Å². The molecule has 2 nitrogen and oxygen atoms in total. The molecule has 106 valence electrons. The lowest BCUT2D eigenvalue weighted by Gasteiger charge is -2.27. The van der Waals surface area contributed by atoms with Gasteiger partial charge in [-0.3, -0.25) is 0 Å². The zero-order chi connectivity index (χ0) is 13.7. The van der Waals surface area contributed by atoms with E-state index in [2.05, 4.69) is 5.32 Å². The van der Waals surface area contributed by atoms with Gasteiger partial charge in [-0.25, -0.2) is 4.39 Å². The lowest BCUT2D eigenvalue weighted by molar-refractivity contribution is 0.325. The van der Waals surface area contributed by atoms with Crippen LogP contribution in [0, 0.1) is 11.7 Å². The molecule has 0 bridgehead atoms. The maximum Gasteiger partial charge on any atom is 0.169 e. The number of benzene rings is 1. The third kappa shape index (κ3) is 3.27. The molecule has 3 heteroatoms. The zero-order valence-electron chi connectivity index (χ0n) is 11.9. The Morgan fingerprint density at radius 1 is 1.21 bits per heavy atom. The molecular formula is C16H24FNO. The van der Waals surface area contributed by atoms with Crippen LogP contribution in [0.1, 0.15) is 50.1 Å². The van der Waals surface area contributed by atoms with Gasteiger partial charge in [0.25, 0.3) is 0 Å². The van der Waals surface area contributed by atoms with Crippen LogP contribution in [0.25, 0.3) is 0 Å². The van der Waals surface area contributed by atoms with Gasteiger partial charge in [-0.2, -0.15) is 0 Å². The third-order valence-corrected chi connectivity index (χ3v) is 4.23. The number of hydrogen-bond donors (Lipinski definition) is 1. The van der Waals surface area contributed by atoms with Gasteiger partial charge in [0.2, 0.25) is 0 Å². The van der Waals surface area contributed by atoms with E-state index in [0.29, 0.717) is 11.7 Å². The molecular weight excluding hydrogens is 241 g/mol. The van der Waals surface area contributed by atoms with Gasteiger partial charge in [0.05, 0.1) is 7.11 Å². The second-order valence-electron chi connectivity index (χ2n) is 5.38. The Balaban J connectivity index is 2.25. The molecule has 2 rings (SSSR count). The molecule has 1 aliphatic rings. The highest BCUT2D eigenvalue weighted by molar-refractivity contribution is 5.33. The van der Waals surface area contributed by atoms with Crippen molar-refractivity contribution >= 4 is 0 Å². The van der Waals surface area contributed by atoms with E-state index >= 15 is 0 Å². The molecule has 0 saturated heterocycles. The quantitative estimate of drug-likeness (QED) is 0.829. The minimum atomic E-state index is -0.214. The summed E-state index contributed by atoms with van der Waals surface area (Å²) in [5.74, 6) is 0.647. The average molecular weight is 265 g/mol. The van der Waals surface area contributed by atoms with Crippen molar-refractivity contribution in [2.75, 3.05) is 14.2 Å². The topological polar surface area (TPSA) is 21.3 Å². The monoisotopic (exact) mass is 265 g/mol. The molecule has 19 heavy (non-hydrogen) atoms. The SMILES string of the molecule is CNC(c1cccc(OC)c1F)C1CCCCCC1. The van der Waals surface area contributed by atoms with Crippen molar-refractivity contribution in [3.8, 4) is 5.75 Å². The van der Waals surface area contributed by atoms with Crippen LogP contribution >= 0.6 is 0 Å². The number of hydrogen-bond acceptors (Lipinski definition) is 2. The Morgan fingerprint density at radius 2 is 1.89 bits per heavy atom. The molecule has 0 spiro atoms. The highest BCUT2D eigenvalue weighted by Crippen LogP contribution is 2.36. The lowest BCUT2D eigenvalue weighted by Crippen LogP contribution is -2.26. The molecule has 1 atom stereocenters. The summed E-state index contributed by atoms with van der Waals surface area (Å²) in [6.45, 7) is 0. The number of ether oxygens (including phenoxy) is 1. The van der Waals surface area contributed by atoms with Gasteiger partial charge in [-0.05, 0) is 31.9 Å². The van der Waals surface area contributed by atoms with Gasteiger partial charge in [0.1, 0.15) is 0 Å². The standard InChI is InChI=1S/C16H24FNO/c1-18-16(12-8-5-3-4-6-9-12)13-10-7-11-14(19-2)15(13)17/h7,10-12,16,18H,3-6,8-9H2,1-2H3. The molecule has 1 fully saturated rings. The summed E-state index contributed by atoms with van der Waals surface area (Å²) in [5.41, 5.74) is 0.744. The molecule has 1 N–H and O–H groups in total. The van der Waals surface area contributed by atoms with Gasteiger partial charge in [-0.15, -0.1) is 0 Å². The normalized spacial score (nSPS) is 18.9. The van der Waals surface area contributed by atoms with Crippen molar-refractivity contribution in [1.29, 1.82) is 0 Å². The Kier molecular flexibility index (Phi) is 5.20. The highest BCUT2D eigenvalue weighted by atomic mass is 19.1. The van der Waals surface area contributed by atoms with Gasteiger partial charge in [0.15, 0.2) is 11.6 Å². The minimum absolute atomic E-state index is 0.0909. The molecule has 0 aromatic heterocycles. The lowest BCUT2D eigenvalue weighted by atomic mass is 9.87. The number of halogens is 1. The van der Waals surface area contributed by atoms with Crippen molar-refractivity contribution in [3.63, 3.8) is 0 Å². The van der Waals surface area contributed by atoms with E-state index in [1.807, 2.05) is 19.2 Å². The first kappa shape index (κ1) is 14.3.